The third-order valence-corrected chi connectivity index (χ3v) is 4.83. The van der Waals surface area contributed by atoms with Crippen molar-refractivity contribution in [3.63, 3.8) is 0 Å². The first-order valence-electron chi connectivity index (χ1n) is 9.18. The first-order valence-corrected chi connectivity index (χ1v) is 9.18. The van der Waals surface area contributed by atoms with E-state index in [0.29, 0.717) is 28.0 Å². The Kier molecular flexibility index (Phi) is 4.67. The lowest BCUT2D eigenvalue weighted by Crippen LogP contribution is -2.26. The maximum Gasteiger partial charge on any atom is 0.342 e. The average Bonchev–Trinajstić information content (AvgIpc) is 3.00. The van der Waals surface area contributed by atoms with Gasteiger partial charge < -0.3 is 13.9 Å². The molecule has 2 aromatic carbocycles. The normalized spacial score (nSPS) is 14.0. The average molecular weight is 364 g/mol. The molecule has 0 saturated heterocycles. The smallest absolute Gasteiger partial charge is 0.342 e. The zero-order valence-electron chi connectivity index (χ0n) is 15.1. The molecule has 1 heterocycles. The van der Waals surface area contributed by atoms with E-state index in [-0.39, 0.29) is 18.5 Å². The Hall–Kier alpha value is -3.08. The summed E-state index contributed by atoms with van der Waals surface area (Å²) in [6.45, 7) is 2.02. The Morgan fingerprint density at radius 2 is 1.89 bits per heavy atom. The summed E-state index contributed by atoms with van der Waals surface area (Å²) in [5.74, 6) is 0.161. The molecule has 27 heavy (non-hydrogen) atoms. The summed E-state index contributed by atoms with van der Waals surface area (Å²) < 4.78 is 16.7. The van der Waals surface area contributed by atoms with Crippen LogP contribution in [0.2, 0.25) is 0 Å². The van der Waals surface area contributed by atoms with Gasteiger partial charge in [0.1, 0.15) is 22.7 Å². The van der Waals surface area contributed by atoms with E-state index in [1.54, 1.807) is 25.1 Å². The maximum absolute atomic E-state index is 12.6. The second-order valence-corrected chi connectivity index (χ2v) is 6.60. The molecule has 1 aliphatic rings. The molecule has 1 aromatic heterocycles. The largest absolute Gasteiger partial charge is 0.462 e. The minimum atomic E-state index is -0.461. The number of carbonyl (C=O) groups is 2. The van der Waals surface area contributed by atoms with Gasteiger partial charge >= 0.3 is 11.9 Å². The van der Waals surface area contributed by atoms with Gasteiger partial charge in [-0.15, -0.1) is 0 Å². The van der Waals surface area contributed by atoms with E-state index in [0.717, 1.165) is 24.8 Å². The molecule has 5 heteroatoms. The molecule has 4 rings (SSSR count). The standard InChI is InChI=1S/C22H20O5/c1-2-25-22(24)19-17-13-16(26-21(23)15-9-6-10-15)11-12-18(17)27-20(19)14-7-4-3-5-8-14/h3-5,7-8,11-13,15H,2,6,9-10H2,1H3. The summed E-state index contributed by atoms with van der Waals surface area (Å²) in [6.07, 6.45) is 2.81. The topological polar surface area (TPSA) is 65.7 Å². The Morgan fingerprint density at radius 3 is 2.56 bits per heavy atom. The predicted octanol–water partition coefficient (Wildman–Crippen LogP) is 4.98. The van der Waals surface area contributed by atoms with E-state index in [2.05, 4.69) is 0 Å². The number of hydrogen-bond acceptors (Lipinski definition) is 5. The highest BCUT2D eigenvalue weighted by atomic mass is 16.5. The van der Waals surface area contributed by atoms with Gasteiger partial charge in [0.15, 0.2) is 0 Å². The number of fused-ring (bicyclic) bond motifs is 1. The van der Waals surface area contributed by atoms with Crippen molar-refractivity contribution in [3.8, 4) is 17.1 Å². The molecule has 0 aliphatic heterocycles. The van der Waals surface area contributed by atoms with Crippen molar-refractivity contribution in [1.82, 2.24) is 0 Å². The summed E-state index contributed by atoms with van der Waals surface area (Å²) in [7, 11) is 0. The fourth-order valence-electron chi connectivity index (χ4n) is 3.18. The maximum atomic E-state index is 12.6. The third-order valence-electron chi connectivity index (χ3n) is 4.83. The lowest BCUT2D eigenvalue weighted by atomic mass is 9.86. The van der Waals surface area contributed by atoms with Crippen molar-refractivity contribution in [2.75, 3.05) is 6.61 Å². The van der Waals surface area contributed by atoms with Crippen molar-refractivity contribution in [1.29, 1.82) is 0 Å². The third kappa shape index (κ3) is 3.33. The zero-order chi connectivity index (χ0) is 18.8. The van der Waals surface area contributed by atoms with Crippen molar-refractivity contribution in [2.45, 2.75) is 26.2 Å². The molecule has 1 aliphatic carbocycles. The Labute approximate surface area is 156 Å². The molecule has 0 radical (unpaired) electrons. The lowest BCUT2D eigenvalue weighted by Gasteiger charge is -2.22. The van der Waals surface area contributed by atoms with Gasteiger partial charge in [-0.2, -0.15) is 0 Å². The van der Waals surface area contributed by atoms with Gasteiger partial charge in [-0.05, 0) is 38.0 Å². The number of furan rings is 1. The summed E-state index contributed by atoms with van der Waals surface area (Å²) in [4.78, 5) is 24.8. The van der Waals surface area contributed by atoms with Crippen molar-refractivity contribution in [3.05, 3.63) is 54.1 Å². The Bertz CT molecular complexity index is 983. The quantitative estimate of drug-likeness (QED) is 0.472. The summed E-state index contributed by atoms with van der Waals surface area (Å²) in [5.41, 5.74) is 1.67. The molecule has 0 N–H and O–H groups in total. The molecule has 1 saturated carbocycles. The van der Waals surface area contributed by atoms with Crippen LogP contribution in [0, 0.1) is 5.92 Å². The molecule has 0 amide bonds. The van der Waals surface area contributed by atoms with Crippen LogP contribution in [0.4, 0.5) is 0 Å². The molecule has 0 atom stereocenters. The van der Waals surface area contributed by atoms with Crippen LogP contribution < -0.4 is 4.74 Å². The lowest BCUT2D eigenvalue weighted by molar-refractivity contribution is -0.141. The van der Waals surface area contributed by atoms with E-state index in [4.69, 9.17) is 13.9 Å². The van der Waals surface area contributed by atoms with Crippen LogP contribution in [0.15, 0.2) is 52.9 Å². The first kappa shape index (κ1) is 17.3. The van der Waals surface area contributed by atoms with Gasteiger partial charge in [-0.3, -0.25) is 4.79 Å². The van der Waals surface area contributed by atoms with Gasteiger partial charge in [0.25, 0.3) is 0 Å². The van der Waals surface area contributed by atoms with Crippen LogP contribution in [0.1, 0.15) is 36.5 Å². The van der Waals surface area contributed by atoms with Gasteiger partial charge in [-0.25, -0.2) is 4.79 Å². The van der Waals surface area contributed by atoms with E-state index >= 15 is 0 Å². The van der Waals surface area contributed by atoms with E-state index in [1.165, 1.54) is 0 Å². The molecular formula is C22H20O5. The van der Waals surface area contributed by atoms with Gasteiger partial charge in [0.2, 0.25) is 0 Å². The monoisotopic (exact) mass is 364 g/mol. The fourth-order valence-corrected chi connectivity index (χ4v) is 3.18. The first-order chi connectivity index (χ1) is 13.2. The Balaban J connectivity index is 1.78. The molecule has 5 nitrogen and oxygen atoms in total. The fraction of sp³-hybridized carbons (Fsp3) is 0.273. The predicted molar refractivity (Wildman–Crippen MR) is 101 cm³/mol. The van der Waals surface area contributed by atoms with Gasteiger partial charge in [0, 0.05) is 10.9 Å². The zero-order valence-corrected chi connectivity index (χ0v) is 15.1. The number of carbonyl (C=O) groups excluding carboxylic acids is 2. The van der Waals surface area contributed by atoms with Gasteiger partial charge in [0.05, 0.1) is 12.5 Å². The van der Waals surface area contributed by atoms with Crippen LogP contribution in [-0.4, -0.2) is 18.5 Å². The van der Waals surface area contributed by atoms with Crippen molar-refractivity contribution >= 4 is 22.9 Å². The number of ether oxygens (including phenoxy) is 2. The van der Waals surface area contributed by atoms with Crippen molar-refractivity contribution < 1.29 is 23.5 Å². The van der Waals surface area contributed by atoms with E-state index in [9.17, 15) is 9.59 Å². The van der Waals surface area contributed by atoms with E-state index in [1.807, 2.05) is 30.3 Å². The minimum absolute atomic E-state index is 0.0190. The van der Waals surface area contributed by atoms with Gasteiger partial charge in [-0.1, -0.05) is 36.8 Å². The summed E-state index contributed by atoms with van der Waals surface area (Å²) >= 11 is 0. The molecule has 138 valence electrons. The van der Waals surface area contributed by atoms with Crippen LogP contribution in [0.5, 0.6) is 5.75 Å². The SMILES string of the molecule is CCOC(=O)c1c(-c2ccccc2)oc2ccc(OC(=O)C3CCC3)cc12. The van der Waals surface area contributed by atoms with Crippen LogP contribution in [-0.2, 0) is 9.53 Å². The van der Waals surface area contributed by atoms with Crippen molar-refractivity contribution in [2.24, 2.45) is 5.92 Å². The van der Waals surface area contributed by atoms with Crippen LogP contribution >= 0.6 is 0 Å². The molecule has 0 bridgehead atoms. The second kappa shape index (κ2) is 7.27. The minimum Gasteiger partial charge on any atom is -0.462 e. The molecular weight excluding hydrogens is 344 g/mol. The summed E-state index contributed by atoms with van der Waals surface area (Å²) in [5, 5.41) is 0.575. The second-order valence-electron chi connectivity index (χ2n) is 6.60. The van der Waals surface area contributed by atoms with Crippen LogP contribution in [0.3, 0.4) is 0 Å². The Morgan fingerprint density at radius 1 is 1.11 bits per heavy atom. The highest BCUT2D eigenvalue weighted by Gasteiger charge is 2.28. The number of benzene rings is 2. The van der Waals surface area contributed by atoms with Crippen LogP contribution in [0.25, 0.3) is 22.3 Å². The highest BCUT2D eigenvalue weighted by molar-refractivity contribution is 6.09. The molecule has 0 spiro atoms. The summed E-state index contributed by atoms with van der Waals surface area (Å²) in [6, 6.07) is 14.5. The van der Waals surface area contributed by atoms with E-state index < -0.39 is 5.97 Å². The number of hydrogen-bond donors (Lipinski definition) is 0. The molecule has 0 unspecified atom stereocenters. The number of rotatable bonds is 5. The number of esters is 2. The highest BCUT2D eigenvalue weighted by Crippen LogP contribution is 2.36. The molecule has 1 fully saturated rings. The molecule has 3 aromatic rings.